The maximum Gasteiger partial charge on any atom is 0.330 e. The molecule has 0 amide bonds. The molecule has 0 rings (SSSR count). The molecule has 4 heteroatoms. The summed E-state index contributed by atoms with van der Waals surface area (Å²) in [6, 6.07) is 0. The first kappa shape index (κ1) is 16.8. The van der Waals surface area contributed by atoms with E-state index < -0.39 is 5.97 Å². The van der Waals surface area contributed by atoms with Gasteiger partial charge in [-0.3, -0.25) is 0 Å². The fraction of sp³-hybridized carbons (Fsp3) is 0.500. The lowest BCUT2D eigenvalue weighted by molar-refractivity contribution is -0.142. The molecular formula is C12H20O4. The molecule has 0 bridgehead atoms. The third kappa shape index (κ3) is 12.4. The minimum Gasteiger partial charge on any atom is -0.466 e. The van der Waals surface area contributed by atoms with Crippen LogP contribution >= 0.6 is 0 Å². The van der Waals surface area contributed by atoms with Gasteiger partial charge in [0.15, 0.2) is 0 Å². The highest BCUT2D eigenvalue weighted by molar-refractivity contribution is 5.81. The average molecular weight is 228 g/mol. The number of carbonyl (C=O) groups excluding carboxylic acids is 2. The fourth-order valence-corrected chi connectivity index (χ4v) is 0.795. The Balaban J connectivity index is 0. The molecule has 4 nitrogen and oxygen atoms in total. The molecule has 0 aliphatic rings. The van der Waals surface area contributed by atoms with Crippen molar-refractivity contribution in [2.45, 2.75) is 32.8 Å². The van der Waals surface area contributed by atoms with Crippen LogP contribution in [0.3, 0.4) is 0 Å². The second kappa shape index (κ2) is 11.5. The van der Waals surface area contributed by atoms with Crippen molar-refractivity contribution in [2.75, 3.05) is 7.11 Å². The third-order valence-corrected chi connectivity index (χ3v) is 1.55. The van der Waals surface area contributed by atoms with Gasteiger partial charge < -0.3 is 9.47 Å². The Bertz CT molecular complexity index is 233. The molecule has 1 unspecified atom stereocenters. The molecule has 92 valence electrons. The van der Waals surface area contributed by atoms with Crippen LogP contribution < -0.4 is 0 Å². The Morgan fingerprint density at radius 1 is 1.25 bits per heavy atom. The summed E-state index contributed by atoms with van der Waals surface area (Å²) in [5.74, 6) is -0.726. The monoisotopic (exact) mass is 228 g/mol. The maximum atomic E-state index is 10.6. The Kier molecular flexibility index (Phi) is 12.1. The van der Waals surface area contributed by atoms with Gasteiger partial charge in [0, 0.05) is 12.2 Å². The van der Waals surface area contributed by atoms with Crippen molar-refractivity contribution in [2.24, 2.45) is 0 Å². The Morgan fingerprint density at radius 2 is 1.75 bits per heavy atom. The maximum absolute atomic E-state index is 10.6. The fourth-order valence-electron chi connectivity index (χ4n) is 0.795. The molecule has 0 aliphatic heterocycles. The van der Waals surface area contributed by atoms with Gasteiger partial charge in [0.05, 0.1) is 13.2 Å². The summed E-state index contributed by atoms with van der Waals surface area (Å²) in [6.45, 7) is 10.4. The lowest BCUT2D eigenvalue weighted by atomic mass is 10.2. The van der Waals surface area contributed by atoms with E-state index in [4.69, 9.17) is 4.74 Å². The molecule has 0 heterocycles. The van der Waals surface area contributed by atoms with Crippen LogP contribution in [0, 0.1) is 0 Å². The van der Waals surface area contributed by atoms with Gasteiger partial charge in [-0.2, -0.15) is 0 Å². The largest absolute Gasteiger partial charge is 0.466 e. The van der Waals surface area contributed by atoms with Crippen LogP contribution in [0.2, 0.25) is 0 Å². The van der Waals surface area contributed by atoms with Crippen molar-refractivity contribution in [3.05, 3.63) is 25.3 Å². The molecule has 0 radical (unpaired) electrons. The van der Waals surface area contributed by atoms with Crippen LogP contribution in [-0.4, -0.2) is 25.2 Å². The Morgan fingerprint density at radius 3 is 2.00 bits per heavy atom. The molecule has 0 saturated carbocycles. The van der Waals surface area contributed by atoms with E-state index >= 15 is 0 Å². The lowest BCUT2D eigenvalue weighted by Gasteiger charge is -2.09. The number of esters is 2. The van der Waals surface area contributed by atoms with E-state index in [0.29, 0.717) is 0 Å². The highest BCUT2D eigenvalue weighted by Gasteiger charge is 2.03. The zero-order chi connectivity index (χ0) is 13.0. The smallest absolute Gasteiger partial charge is 0.330 e. The van der Waals surface area contributed by atoms with Gasteiger partial charge in [-0.05, 0) is 13.3 Å². The van der Waals surface area contributed by atoms with Gasteiger partial charge in [0.2, 0.25) is 0 Å². The van der Waals surface area contributed by atoms with E-state index in [1.54, 1.807) is 0 Å². The molecule has 1 atom stereocenters. The normalized spacial score (nSPS) is 10.2. The van der Waals surface area contributed by atoms with E-state index in [1.807, 2.05) is 6.92 Å². The van der Waals surface area contributed by atoms with Gasteiger partial charge in [-0.25, -0.2) is 9.59 Å². The SMILES string of the molecule is C=CC(=O)OC.C=CC(=O)OC(C)CCC. The van der Waals surface area contributed by atoms with E-state index in [2.05, 4.69) is 24.8 Å². The summed E-state index contributed by atoms with van der Waals surface area (Å²) in [5.41, 5.74) is 0. The molecule has 0 fully saturated rings. The molecule has 0 aromatic rings. The highest BCUT2D eigenvalue weighted by atomic mass is 16.5. The van der Waals surface area contributed by atoms with Crippen molar-refractivity contribution in [1.29, 1.82) is 0 Å². The van der Waals surface area contributed by atoms with Crippen molar-refractivity contribution < 1.29 is 19.1 Å². The molecule has 0 aromatic heterocycles. The van der Waals surface area contributed by atoms with Gasteiger partial charge in [0.1, 0.15) is 0 Å². The van der Waals surface area contributed by atoms with Crippen molar-refractivity contribution in [3.63, 3.8) is 0 Å². The predicted octanol–water partition coefficient (Wildman–Crippen LogP) is 2.25. The first-order valence-corrected chi connectivity index (χ1v) is 5.05. The molecule has 16 heavy (non-hydrogen) atoms. The summed E-state index contributed by atoms with van der Waals surface area (Å²) in [7, 11) is 1.31. The number of rotatable bonds is 5. The van der Waals surface area contributed by atoms with Crippen molar-refractivity contribution in [3.8, 4) is 0 Å². The Hall–Kier alpha value is -1.58. The average Bonchev–Trinajstić information content (AvgIpc) is 2.28. The van der Waals surface area contributed by atoms with E-state index in [9.17, 15) is 9.59 Å². The second-order valence-electron chi connectivity index (χ2n) is 2.97. The van der Waals surface area contributed by atoms with Gasteiger partial charge in [-0.1, -0.05) is 26.5 Å². The summed E-state index contributed by atoms with van der Waals surface area (Å²) >= 11 is 0. The van der Waals surface area contributed by atoms with Crippen LogP contribution in [0.5, 0.6) is 0 Å². The van der Waals surface area contributed by atoms with E-state index in [-0.39, 0.29) is 12.1 Å². The van der Waals surface area contributed by atoms with Crippen LogP contribution in [0.15, 0.2) is 25.3 Å². The number of methoxy groups -OCH3 is 1. The third-order valence-electron chi connectivity index (χ3n) is 1.55. The molecular weight excluding hydrogens is 208 g/mol. The molecule has 0 aliphatic carbocycles. The minimum absolute atomic E-state index is 0.0236. The van der Waals surface area contributed by atoms with Crippen molar-refractivity contribution >= 4 is 11.9 Å². The number of hydrogen-bond acceptors (Lipinski definition) is 4. The van der Waals surface area contributed by atoms with Crippen LogP contribution in [-0.2, 0) is 19.1 Å². The predicted molar refractivity (Wildman–Crippen MR) is 62.9 cm³/mol. The Labute approximate surface area is 96.9 Å². The van der Waals surface area contributed by atoms with Crippen molar-refractivity contribution in [1.82, 2.24) is 0 Å². The summed E-state index contributed by atoms with van der Waals surface area (Å²) in [5, 5.41) is 0. The molecule has 0 N–H and O–H groups in total. The van der Waals surface area contributed by atoms with Crippen LogP contribution in [0.4, 0.5) is 0 Å². The molecule has 0 aromatic carbocycles. The number of ether oxygens (including phenoxy) is 2. The van der Waals surface area contributed by atoms with E-state index in [0.717, 1.165) is 18.9 Å². The minimum atomic E-state index is -0.394. The van der Waals surface area contributed by atoms with Gasteiger partial charge >= 0.3 is 11.9 Å². The second-order valence-corrected chi connectivity index (χ2v) is 2.97. The highest BCUT2D eigenvalue weighted by Crippen LogP contribution is 2.00. The summed E-state index contributed by atoms with van der Waals surface area (Å²) in [6.07, 6.45) is 4.27. The van der Waals surface area contributed by atoms with E-state index in [1.165, 1.54) is 13.2 Å². The topological polar surface area (TPSA) is 52.6 Å². The summed E-state index contributed by atoms with van der Waals surface area (Å²) in [4.78, 5) is 20.4. The summed E-state index contributed by atoms with van der Waals surface area (Å²) < 4.78 is 9.03. The van der Waals surface area contributed by atoms with Gasteiger partial charge in [0.25, 0.3) is 0 Å². The van der Waals surface area contributed by atoms with Gasteiger partial charge in [-0.15, -0.1) is 0 Å². The zero-order valence-corrected chi connectivity index (χ0v) is 10.2. The quantitative estimate of drug-likeness (QED) is 0.535. The van der Waals surface area contributed by atoms with Crippen LogP contribution in [0.25, 0.3) is 0 Å². The van der Waals surface area contributed by atoms with Crippen LogP contribution in [0.1, 0.15) is 26.7 Å². The number of carbonyl (C=O) groups is 2. The molecule has 0 saturated heterocycles. The zero-order valence-electron chi connectivity index (χ0n) is 10.2. The first-order valence-electron chi connectivity index (χ1n) is 5.05. The lowest BCUT2D eigenvalue weighted by Crippen LogP contribution is -2.11. The standard InChI is InChI=1S/C8H14O2.C4H6O2/c1-4-6-7(3)10-8(9)5-2;1-3-4(5)6-2/h5,7H,2,4,6H2,1,3H3;3H,1H2,2H3. The molecule has 0 spiro atoms. The first-order chi connectivity index (χ1) is 7.51. The number of hydrogen-bond donors (Lipinski definition) is 0.